The van der Waals surface area contributed by atoms with E-state index < -0.39 is 0 Å². The number of hydrogen-bond donors (Lipinski definition) is 1. The molecule has 0 saturated carbocycles. The molecule has 1 aromatic heterocycles. The lowest BCUT2D eigenvalue weighted by atomic mass is 9.92. The van der Waals surface area contributed by atoms with Gasteiger partial charge < -0.3 is 5.73 Å². The molecule has 0 aromatic carbocycles. The molecule has 90 valence electrons. The second-order valence-electron chi connectivity index (χ2n) is 4.86. The summed E-state index contributed by atoms with van der Waals surface area (Å²) in [6, 6.07) is 0. The van der Waals surface area contributed by atoms with Crippen LogP contribution in [0.15, 0.2) is 0 Å². The molecule has 1 aromatic rings. The monoisotopic (exact) mass is 238 g/mol. The minimum atomic E-state index is -0.170. The van der Waals surface area contributed by atoms with Gasteiger partial charge in [0.1, 0.15) is 5.01 Å². The van der Waals surface area contributed by atoms with Crippen LogP contribution in [0.5, 0.6) is 0 Å². The molecule has 2 rings (SSSR count). The Bertz CT molecular complexity index is 335. The lowest BCUT2D eigenvalue weighted by Gasteiger charge is -2.25. The lowest BCUT2D eigenvalue weighted by Crippen LogP contribution is -2.35. The number of aryl methyl sites for hydroxylation is 2. The topological polar surface area (TPSA) is 38.9 Å². The summed E-state index contributed by atoms with van der Waals surface area (Å²) in [5.74, 6) is 0. The number of fused-ring (bicyclic) bond motifs is 1. The van der Waals surface area contributed by atoms with Gasteiger partial charge in [-0.15, -0.1) is 11.3 Å². The molecule has 0 bridgehead atoms. The summed E-state index contributed by atoms with van der Waals surface area (Å²) in [6.07, 6.45) is 8.19. The van der Waals surface area contributed by atoms with Gasteiger partial charge >= 0.3 is 0 Å². The van der Waals surface area contributed by atoms with Crippen LogP contribution in [0.2, 0.25) is 0 Å². The van der Waals surface area contributed by atoms with Gasteiger partial charge in [0.15, 0.2) is 0 Å². The van der Waals surface area contributed by atoms with Crippen LogP contribution in [0.25, 0.3) is 0 Å². The first-order valence-electron chi connectivity index (χ1n) is 6.47. The average molecular weight is 238 g/mol. The Kier molecular flexibility index (Phi) is 3.65. The van der Waals surface area contributed by atoms with Crippen molar-refractivity contribution in [2.45, 2.75) is 64.3 Å². The molecule has 1 aliphatic rings. The van der Waals surface area contributed by atoms with Crippen LogP contribution in [0, 0.1) is 0 Å². The Morgan fingerprint density at radius 2 is 2.06 bits per heavy atom. The maximum absolute atomic E-state index is 6.49. The van der Waals surface area contributed by atoms with Gasteiger partial charge in [-0.05, 0) is 38.5 Å². The van der Waals surface area contributed by atoms with Crippen LogP contribution < -0.4 is 5.73 Å². The van der Waals surface area contributed by atoms with Crippen molar-refractivity contribution in [1.29, 1.82) is 0 Å². The van der Waals surface area contributed by atoms with Crippen molar-refractivity contribution in [2.75, 3.05) is 0 Å². The quantitative estimate of drug-likeness (QED) is 0.873. The van der Waals surface area contributed by atoms with Crippen LogP contribution in [-0.4, -0.2) is 4.98 Å². The summed E-state index contributed by atoms with van der Waals surface area (Å²) in [5.41, 5.74) is 7.66. The van der Waals surface area contributed by atoms with E-state index in [9.17, 15) is 0 Å². The number of nitrogens with zero attached hydrogens (tertiary/aromatic N) is 1. The molecule has 2 N–H and O–H groups in total. The van der Waals surface area contributed by atoms with Gasteiger partial charge in [0, 0.05) is 4.88 Å². The maximum atomic E-state index is 6.49. The van der Waals surface area contributed by atoms with Crippen LogP contribution in [0.4, 0.5) is 0 Å². The van der Waals surface area contributed by atoms with E-state index in [0.29, 0.717) is 0 Å². The van der Waals surface area contributed by atoms with Gasteiger partial charge in [-0.25, -0.2) is 4.98 Å². The molecule has 0 saturated heterocycles. The fraction of sp³-hybridized carbons (Fsp3) is 0.769. The average Bonchev–Trinajstić information content (AvgIpc) is 2.73. The van der Waals surface area contributed by atoms with E-state index in [1.807, 2.05) is 11.3 Å². The molecule has 0 spiro atoms. The largest absolute Gasteiger partial charge is 0.319 e. The summed E-state index contributed by atoms with van der Waals surface area (Å²) in [4.78, 5) is 6.31. The molecule has 0 fully saturated rings. The normalized spacial score (nSPS) is 19.2. The lowest BCUT2D eigenvalue weighted by molar-refractivity contribution is 0.387. The van der Waals surface area contributed by atoms with Crippen molar-refractivity contribution in [2.24, 2.45) is 5.73 Å². The second kappa shape index (κ2) is 4.84. The number of nitrogens with two attached hydrogens (primary N) is 1. The van der Waals surface area contributed by atoms with E-state index in [1.165, 1.54) is 34.8 Å². The van der Waals surface area contributed by atoms with Crippen molar-refractivity contribution in [1.82, 2.24) is 4.98 Å². The molecule has 1 heterocycles. The van der Waals surface area contributed by atoms with Crippen molar-refractivity contribution in [3.8, 4) is 0 Å². The summed E-state index contributed by atoms with van der Waals surface area (Å²) >= 11 is 1.87. The van der Waals surface area contributed by atoms with E-state index in [2.05, 4.69) is 13.8 Å². The van der Waals surface area contributed by atoms with Crippen LogP contribution in [0.3, 0.4) is 0 Å². The Morgan fingerprint density at radius 1 is 1.31 bits per heavy atom. The highest BCUT2D eigenvalue weighted by Gasteiger charge is 2.29. The number of thiazole rings is 1. The molecule has 1 aliphatic carbocycles. The minimum absolute atomic E-state index is 0.170. The van der Waals surface area contributed by atoms with Gasteiger partial charge in [0.2, 0.25) is 0 Å². The maximum Gasteiger partial charge on any atom is 0.113 e. The second-order valence-corrected chi connectivity index (χ2v) is 5.94. The van der Waals surface area contributed by atoms with Crippen LogP contribution >= 0.6 is 11.3 Å². The third-order valence-corrected chi connectivity index (χ3v) is 4.98. The predicted molar refractivity (Wildman–Crippen MR) is 69.8 cm³/mol. The van der Waals surface area contributed by atoms with E-state index >= 15 is 0 Å². The predicted octanol–water partition coefficient (Wildman–Crippen LogP) is 3.39. The van der Waals surface area contributed by atoms with Gasteiger partial charge in [0.05, 0.1) is 11.2 Å². The van der Waals surface area contributed by atoms with E-state index in [-0.39, 0.29) is 5.54 Å². The fourth-order valence-electron chi connectivity index (χ4n) is 2.45. The van der Waals surface area contributed by atoms with E-state index in [4.69, 9.17) is 10.7 Å². The zero-order valence-electron chi connectivity index (χ0n) is 10.4. The fourth-order valence-corrected chi connectivity index (χ4v) is 3.80. The van der Waals surface area contributed by atoms with Gasteiger partial charge in [-0.1, -0.05) is 20.3 Å². The van der Waals surface area contributed by atoms with Gasteiger partial charge in [-0.2, -0.15) is 0 Å². The Hall–Kier alpha value is -0.410. The summed E-state index contributed by atoms with van der Waals surface area (Å²) in [5, 5.41) is 1.18. The number of hydrogen-bond acceptors (Lipinski definition) is 3. The number of aromatic nitrogens is 1. The molecule has 0 aliphatic heterocycles. The third-order valence-electron chi connectivity index (χ3n) is 3.60. The summed E-state index contributed by atoms with van der Waals surface area (Å²) < 4.78 is 0. The van der Waals surface area contributed by atoms with Gasteiger partial charge in [-0.3, -0.25) is 0 Å². The molecule has 1 unspecified atom stereocenters. The highest BCUT2D eigenvalue weighted by atomic mass is 32.1. The smallest absolute Gasteiger partial charge is 0.113 e. The third kappa shape index (κ3) is 2.16. The van der Waals surface area contributed by atoms with E-state index in [0.717, 1.165) is 25.7 Å². The molecule has 2 nitrogen and oxygen atoms in total. The Balaban J connectivity index is 2.28. The molecule has 0 amide bonds. The SMILES string of the molecule is CCCC(N)(CC)c1nc2c(s1)CCCC2. The Morgan fingerprint density at radius 3 is 2.69 bits per heavy atom. The molecular formula is C13H22N2S. The standard InChI is InChI=1S/C13H22N2S/c1-3-9-13(14,4-2)12-15-10-7-5-6-8-11(10)16-12/h3-9,14H2,1-2H3. The summed E-state index contributed by atoms with van der Waals surface area (Å²) in [6.45, 7) is 4.38. The van der Waals surface area contributed by atoms with Crippen molar-refractivity contribution < 1.29 is 0 Å². The van der Waals surface area contributed by atoms with Crippen molar-refractivity contribution in [3.05, 3.63) is 15.6 Å². The molecule has 0 radical (unpaired) electrons. The minimum Gasteiger partial charge on any atom is -0.319 e. The molecule has 1 atom stereocenters. The highest BCUT2D eigenvalue weighted by Crippen LogP contribution is 2.35. The van der Waals surface area contributed by atoms with Gasteiger partial charge in [0.25, 0.3) is 0 Å². The highest BCUT2D eigenvalue weighted by molar-refractivity contribution is 7.11. The Labute approximate surface area is 102 Å². The van der Waals surface area contributed by atoms with Crippen LogP contribution in [0.1, 0.15) is 61.5 Å². The van der Waals surface area contributed by atoms with Crippen molar-refractivity contribution >= 4 is 11.3 Å². The van der Waals surface area contributed by atoms with E-state index in [1.54, 1.807) is 0 Å². The zero-order valence-corrected chi connectivity index (χ0v) is 11.2. The first-order chi connectivity index (χ1) is 7.69. The molecule has 3 heteroatoms. The first-order valence-corrected chi connectivity index (χ1v) is 7.29. The first kappa shape index (κ1) is 12.1. The molecule has 16 heavy (non-hydrogen) atoms. The number of rotatable bonds is 4. The zero-order chi connectivity index (χ0) is 11.6. The summed E-state index contributed by atoms with van der Waals surface area (Å²) in [7, 11) is 0. The van der Waals surface area contributed by atoms with Crippen molar-refractivity contribution in [3.63, 3.8) is 0 Å². The molecular weight excluding hydrogens is 216 g/mol. The van der Waals surface area contributed by atoms with Crippen LogP contribution in [-0.2, 0) is 18.4 Å².